The molecular weight excluding hydrogens is 362 g/mol. The van der Waals surface area contributed by atoms with Gasteiger partial charge in [0.05, 0.1) is 0 Å². The van der Waals surface area contributed by atoms with Gasteiger partial charge in [0, 0.05) is 56.6 Å². The number of carbonyl (C=O) groups excluding carboxylic acids is 2. The van der Waals surface area contributed by atoms with Crippen LogP contribution in [-0.4, -0.2) is 54.8 Å². The highest BCUT2D eigenvalue weighted by molar-refractivity contribution is 5.95. The molecule has 0 N–H and O–H groups in total. The van der Waals surface area contributed by atoms with Gasteiger partial charge in [-0.3, -0.25) is 9.59 Å². The van der Waals surface area contributed by atoms with E-state index in [4.69, 9.17) is 0 Å². The average molecular weight is 396 g/mol. The summed E-state index contributed by atoms with van der Waals surface area (Å²) in [5, 5.41) is 0. The fourth-order valence-electron chi connectivity index (χ4n) is 3.38. The second-order valence-corrected chi connectivity index (χ2v) is 7.64. The van der Waals surface area contributed by atoms with Crippen molar-refractivity contribution in [1.82, 2.24) is 9.80 Å². The van der Waals surface area contributed by atoms with Gasteiger partial charge in [-0.05, 0) is 69.7 Å². The maximum Gasteiger partial charge on any atom is 0.254 e. The molecular formula is C24H33N3O2. The lowest BCUT2D eigenvalue weighted by Gasteiger charge is -2.28. The predicted molar refractivity (Wildman–Crippen MR) is 119 cm³/mol. The first-order chi connectivity index (χ1) is 13.8. The summed E-state index contributed by atoms with van der Waals surface area (Å²) < 4.78 is 0. The Labute approximate surface area is 174 Å². The lowest BCUT2D eigenvalue weighted by Crippen LogP contribution is -2.31. The van der Waals surface area contributed by atoms with E-state index in [1.165, 1.54) is 0 Å². The van der Waals surface area contributed by atoms with E-state index in [-0.39, 0.29) is 11.8 Å². The summed E-state index contributed by atoms with van der Waals surface area (Å²) >= 11 is 0. The fourth-order valence-corrected chi connectivity index (χ4v) is 3.38. The molecule has 0 aliphatic heterocycles. The van der Waals surface area contributed by atoms with Crippen LogP contribution in [0.4, 0.5) is 5.69 Å². The summed E-state index contributed by atoms with van der Waals surface area (Å²) in [4.78, 5) is 30.7. The minimum absolute atomic E-state index is 0.0140. The molecule has 0 bridgehead atoms. The summed E-state index contributed by atoms with van der Waals surface area (Å²) in [7, 11) is 3.47. The zero-order valence-electron chi connectivity index (χ0n) is 18.5. The van der Waals surface area contributed by atoms with Gasteiger partial charge in [-0.15, -0.1) is 0 Å². The number of anilines is 1. The van der Waals surface area contributed by atoms with Crippen LogP contribution in [0.3, 0.4) is 0 Å². The van der Waals surface area contributed by atoms with Crippen molar-refractivity contribution in [1.29, 1.82) is 0 Å². The Morgan fingerprint density at radius 3 is 1.76 bits per heavy atom. The number of carbonyl (C=O) groups is 2. The normalized spacial score (nSPS) is 10.7. The highest BCUT2D eigenvalue weighted by atomic mass is 16.2. The second-order valence-electron chi connectivity index (χ2n) is 7.64. The Bertz CT molecular complexity index is 811. The molecule has 2 aromatic carbocycles. The minimum atomic E-state index is -0.0254. The Hall–Kier alpha value is -2.82. The van der Waals surface area contributed by atoms with Gasteiger partial charge in [0.15, 0.2) is 0 Å². The van der Waals surface area contributed by atoms with E-state index in [2.05, 4.69) is 25.7 Å². The Balaban J connectivity index is 2.11. The number of hydrogen-bond donors (Lipinski definition) is 0. The molecule has 0 aromatic heterocycles. The van der Waals surface area contributed by atoms with Crippen LogP contribution in [-0.2, 0) is 6.54 Å². The van der Waals surface area contributed by atoms with Gasteiger partial charge >= 0.3 is 0 Å². The molecule has 0 atom stereocenters. The van der Waals surface area contributed by atoms with Gasteiger partial charge in [-0.2, -0.15) is 0 Å². The first-order valence-corrected chi connectivity index (χ1v) is 10.2. The third kappa shape index (κ3) is 5.59. The van der Waals surface area contributed by atoms with Gasteiger partial charge < -0.3 is 14.7 Å². The molecule has 0 fully saturated rings. The van der Waals surface area contributed by atoms with Crippen molar-refractivity contribution in [2.75, 3.05) is 32.1 Å². The molecule has 29 heavy (non-hydrogen) atoms. The summed E-state index contributed by atoms with van der Waals surface area (Å²) in [5.41, 5.74) is 3.47. The molecule has 0 spiro atoms. The van der Waals surface area contributed by atoms with Gasteiger partial charge in [0.2, 0.25) is 0 Å². The van der Waals surface area contributed by atoms with Crippen LogP contribution in [0, 0.1) is 0 Å². The standard InChI is InChI=1S/C24H33N3O2/c1-7-26(17-19-9-11-20(12-10-19)23(28)25(5)6)24(29)21-13-15-22(16-14-21)27(8-2)18(3)4/h9-16,18H,7-8,17H2,1-6H3. The van der Waals surface area contributed by atoms with Crippen LogP contribution in [0.15, 0.2) is 48.5 Å². The highest BCUT2D eigenvalue weighted by Crippen LogP contribution is 2.19. The fraction of sp³-hybridized carbons (Fsp3) is 0.417. The van der Waals surface area contributed by atoms with Crippen molar-refractivity contribution in [3.63, 3.8) is 0 Å². The lowest BCUT2D eigenvalue weighted by molar-refractivity contribution is 0.0751. The molecule has 2 amide bonds. The molecule has 0 radical (unpaired) electrons. The van der Waals surface area contributed by atoms with Gasteiger partial charge in [-0.1, -0.05) is 12.1 Å². The van der Waals surface area contributed by atoms with Gasteiger partial charge in [0.1, 0.15) is 0 Å². The second kappa shape index (κ2) is 10.1. The van der Waals surface area contributed by atoms with Crippen molar-refractivity contribution in [2.45, 2.75) is 40.3 Å². The Morgan fingerprint density at radius 2 is 1.31 bits per heavy atom. The van der Waals surface area contributed by atoms with E-state index >= 15 is 0 Å². The zero-order chi connectivity index (χ0) is 21.6. The maximum absolute atomic E-state index is 13.0. The number of nitrogens with zero attached hydrogens (tertiary/aromatic N) is 3. The third-order valence-corrected chi connectivity index (χ3v) is 5.06. The molecule has 2 rings (SSSR count). The van der Waals surface area contributed by atoms with E-state index < -0.39 is 0 Å². The van der Waals surface area contributed by atoms with E-state index in [1.54, 1.807) is 19.0 Å². The van der Waals surface area contributed by atoms with Crippen molar-refractivity contribution >= 4 is 17.5 Å². The summed E-state index contributed by atoms with van der Waals surface area (Å²) in [6, 6.07) is 15.7. The quantitative estimate of drug-likeness (QED) is 0.670. The van der Waals surface area contributed by atoms with E-state index in [1.807, 2.05) is 60.4 Å². The van der Waals surface area contributed by atoms with Crippen LogP contribution in [0.1, 0.15) is 54.0 Å². The SMILES string of the molecule is CCN(Cc1ccc(C(=O)N(C)C)cc1)C(=O)c1ccc(N(CC)C(C)C)cc1. The Kier molecular flexibility index (Phi) is 7.82. The average Bonchev–Trinajstić information content (AvgIpc) is 2.72. The molecule has 0 heterocycles. The molecule has 156 valence electrons. The number of benzene rings is 2. The van der Waals surface area contributed by atoms with E-state index in [0.29, 0.717) is 30.3 Å². The Morgan fingerprint density at radius 1 is 0.793 bits per heavy atom. The molecule has 0 saturated heterocycles. The van der Waals surface area contributed by atoms with Crippen LogP contribution in [0.2, 0.25) is 0 Å². The van der Waals surface area contributed by atoms with Crippen LogP contribution in [0.5, 0.6) is 0 Å². The summed E-state index contributed by atoms with van der Waals surface area (Å²) in [6.45, 7) is 10.5. The molecule has 0 saturated carbocycles. The lowest BCUT2D eigenvalue weighted by atomic mass is 10.1. The highest BCUT2D eigenvalue weighted by Gasteiger charge is 2.16. The smallest absolute Gasteiger partial charge is 0.254 e. The van der Waals surface area contributed by atoms with Gasteiger partial charge in [0.25, 0.3) is 11.8 Å². The molecule has 0 aliphatic rings. The largest absolute Gasteiger partial charge is 0.369 e. The monoisotopic (exact) mass is 395 g/mol. The zero-order valence-corrected chi connectivity index (χ0v) is 18.5. The predicted octanol–water partition coefficient (Wildman–Crippen LogP) is 4.29. The van der Waals surface area contributed by atoms with Crippen molar-refractivity contribution in [2.24, 2.45) is 0 Å². The molecule has 0 unspecified atom stereocenters. The van der Waals surface area contributed by atoms with Crippen LogP contribution in [0.25, 0.3) is 0 Å². The van der Waals surface area contributed by atoms with Crippen molar-refractivity contribution in [3.05, 3.63) is 65.2 Å². The first-order valence-electron chi connectivity index (χ1n) is 10.2. The number of hydrogen-bond acceptors (Lipinski definition) is 3. The van der Waals surface area contributed by atoms with Crippen molar-refractivity contribution in [3.8, 4) is 0 Å². The van der Waals surface area contributed by atoms with Crippen molar-refractivity contribution < 1.29 is 9.59 Å². The topological polar surface area (TPSA) is 43.9 Å². The third-order valence-electron chi connectivity index (χ3n) is 5.06. The molecule has 2 aromatic rings. The van der Waals surface area contributed by atoms with Gasteiger partial charge in [-0.25, -0.2) is 0 Å². The van der Waals surface area contributed by atoms with E-state index in [0.717, 1.165) is 17.8 Å². The number of rotatable bonds is 8. The van der Waals surface area contributed by atoms with Crippen LogP contribution >= 0.6 is 0 Å². The number of amides is 2. The summed E-state index contributed by atoms with van der Waals surface area (Å²) in [5.74, 6) is -0.0114. The maximum atomic E-state index is 13.0. The molecule has 5 nitrogen and oxygen atoms in total. The molecule has 5 heteroatoms. The minimum Gasteiger partial charge on any atom is -0.369 e. The first kappa shape index (κ1) is 22.5. The van der Waals surface area contributed by atoms with Crippen LogP contribution < -0.4 is 4.90 Å². The molecule has 0 aliphatic carbocycles. The van der Waals surface area contributed by atoms with E-state index in [9.17, 15) is 9.59 Å². The summed E-state index contributed by atoms with van der Waals surface area (Å²) in [6.07, 6.45) is 0.